The number of amides is 1. The summed E-state index contributed by atoms with van der Waals surface area (Å²) in [5, 5.41) is 2.93. The molecule has 0 aromatic heterocycles. The number of alkyl halides is 3. The van der Waals surface area contributed by atoms with Crippen molar-refractivity contribution >= 4 is 23.2 Å². The summed E-state index contributed by atoms with van der Waals surface area (Å²) in [6.07, 6.45) is -0.398. The number of fused-ring (bicyclic) bond motifs is 1. The zero-order valence-corrected chi connectivity index (χ0v) is 22.7. The molecule has 2 aromatic carbocycles. The second-order valence-electron chi connectivity index (χ2n) is 11.3. The minimum absolute atomic E-state index is 0.0422. The maximum atomic E-state index is 13.7. The minimum Gasteiger partial charge on any atom is -0.406 e. The van der Waals surface area contributed by atoms with Gasteiger partial charge in [0, 0.05) is 37.8 Å². The van der Waals surface area contributed by atoms with Crippen molar-refractivity contribution in [3.8, 4) is 5.75 Å². The van der Waals surface area contributed by atoms with E-state index in [-0.39, 0.29) is 33.9 Å². The number of piperazine rings is 1. The molecule has 39 heavy (non-hydrogen) atoms. The predicted molar refractivity (Wildman–Crippen MR) is 142 cm³/mol. The second-order valence-corrected chi connectivity index (χ2v) is 11.7. The summed E-state index contributed by atoms with van der Waals surface area (Å²) in [5.74, 6) is -0.610. The van der Waals surface area contributed by atoms with Gasteiger partial charge in [-0.25, -0.2) is 4.39 Å². The van der Waals surface area contributed by atoms with E-state index >= 15 is 0 Å². The first-order valence-electron chi connectivity index (χ1n) is 13.6. The van der Waals surface area contributed by atoms with Gasteiger partial charge in [0.2, 0.25) is 5.91 Å². The molecule has 1 heterocycles. The van der Waals surface area contributed by atoms with Crippen LogP contribution in [0.15, 0.2) is 42.5 Å². The average Bonchev–Trinajstić information content (AvgIpc) is 3.50. The van der Waals surface area contributed by atoms with E-state index in [2.05, 4.69) is 26.9 Å². The van der Waals surface area contributed by atoms with Gasteiger partial charge < -0.3 is 19.9 Å². The zero-order valence-electron chi connectivity index (χ0n) is 21.9. The summed E-state index contributed by atoms with van der Waals surface area (Å²) in [7, 11) is 2.12. The van der Waals surface area contributed by atoms with E-state index in [0.717, 1.165) is 70.4 Å². The number of carbonyl (C=O) groups is 1. The normalized spacial score (nSPS) is 26.2. The molecule has 3 fully saturated rings. The summed E-state index contributed by atoms with van der Waals surface area (Å²) >= 11 is 5.94. The Hall–Kier alpha value is -2.36. The zero-order chi connectivity index (χ0) is 27.8. The van der Waals surface area contributed by atoms with Crippen LogP contribution in [0, 0.1) is 23.6 Å². The third-order valence-electron chi connectivity index (χ3n) is 8.86. The predicted octanol–water partition coefficient (Wildman–Crippen LogP) is 6.33. The molecule has 212 valence electrons. The summed E-state index contributed by atoms with van der Waals surface area (Å²) in [6, 6.07) is 10.4. The summed E-state index contributed by atoms with van der Waals surface area (Å²) < 4.78 is 55.5. The number of likely N-dealkylation sites (N-methyl/N-ethyl adjacent to an activating group) is 1. The van der Waals surface area contributed by atoms with Gasteiger partial charge in [-0.1, -0.05) is 23.7 Å². The minimum atomic E-state index is -4.72. The van der Waals surface area contributed by atoms with Gasteiger partial charge in [-0.2, -0.15) is 0 Å². The number of nitrogens with one attached hydrogen (secondary N) is 1. The van der Waals surface area contributed by atoms with Crippen LogP contribution in [-0.4, -0.2) is 61.8 Å². The van der Waals surface area contributed by atoms with Crippen molar-refractivity contribution in [2.24, 2.45) is 17.8 Å². The quantitative estimate of drug-likeness (QED) is 0.360. The number of rotatable bonds is 9. The first-order valence-corrected chi connectivity index (χ1v) is 13.9. The Bertz CT molecular complexity index is 1170. The third kappa shape index (κ3) is 6.52. The number of carbonyl (C=O) groups excluding carboxylic acids is 1. The summed E-state index contributed by atoms with van der Waals surface area (Å²) in [4.78, 5) is 18.4. The average molecular weight is 568 g/mol. The van der Waals surface area contributed by atoms with Crippen LogP contribution in [0.5, 0.6) is 5.75 Å². The third-order valence-corrected chi connectivity index (χ3v) is 9.15. The van der Waals surface area contributed by atoms with E-state index in [4.69, 9.17) is 11.6 Å². The van der Waals surface area contributed by atoms with Gasteiger partial charge in [-0.05, 0) is 98.8 Å². The first kappa shape index (κ1) is 28.2. The van der Waals surface area contributed by atoms with Crippen molar-refractivity contribution < 1.29 is 27.1 Å². The highest BCUT2D eigenvalue weighted by Crippen LogP contribution is 2.68. The fourth-order valence-corrected chi connectivity index (χ4v) is 6.89. The lowest BCUT2D eigenvalue weighted by atomic mass is 9.83. The molecule has 0 spiro atoms. The number of nitrogens with zero attached hydrogens (tertiary/aromatic N) is 2. The van der Waals surface area contributed by atoms with Crippen molar-refractivity contribution in [3.05, 3.63) is 58.9 Å². The first-order chi connectivity index (χ1) is 18.5. The molecule has 2 aromatic rings. The molecular formula is C29H34ClF4N3O2. The van der Waals surface area contributed by atoms with Gasteiger partial charge >= 0.3 is 6.36 Å². The van der Waals surface area contributed by atoms with Crippen molar-refractivity contribution in [1.29, 1.82) is 0 Å². The number of hydrogen-bond donors (Lipinski definition) is 1. The van der Waals surface area contributed by atoms with E-state index in [9.17, 15) is 22.4 Å². The molecule has 3 aliphatic rings. The Kier molecular flexibility index (Phi) is 8.13. The molecule has 1 amide bonds. The summed E-state index contributed by atoms with van der Waals surface area (Å²) in [5.41, 5.74) is 1.37. The monoisotopic (exact) mass is 567 g/mol. The molecule has 5 rings (SSSR count). The van der Waals surface area contributed by atoms with Crippen LogP contribution < -0.4 is 10.1 Å². The van der Waals surface area contributed by atoms with Crippen molar-refractivity contribution in [2.75, 3.05) is 45.1 Å². The largest absolute Gasteiger partial charge is 0.573 e. The van der Waals surface area contributed by atoms with Gasteiger partial charge in [0.15, 0.2) is 0 Å². The van der Waals surface area contributed by atoms with E-state index < -0.39 is 12.2 Å². The number of benzene rings is 2. The van der Waals surface area contributed by atoms with Gasteiger partial charge in [0.1, 0.15) is 11.6 Å². The lowest BCUT2D eigenvalue weighted by Crippen LogP contribution is -2.44. The SMILES string of the molecule is CN1CCN(CCCC(C(=O)Nc2ccc(F)c(Cl)c2)[C@@H]2CC[C@]3(c4ccc(OC(F)(F)F)cc4)C[C@H]23)CC1. The molecular weight excluding hydrogens is 534 g/mol. The van der Waals surface area contributed by atoms with Crippen LogP contribution in [0.4, 0.5) is 23.2 Å². The lowest BCUT2D eigenvalue weighted by molar-refractivity contribution is -0.274. The molecule has 1 unspecified atom stereocenters. The Balaban J connectivity index is 1.28. The fourth-order valence-electron chi connectivity index (χ4n) is 6.71. The van der Waals surface area contributed by atoms with Crippen LogP contribution in [0.3, 0.4) is 0 Å². The van der Waals surface area contributed by atoms with Crippen LogP contribution in [0.25, 0.3) is 0 Å². The highest BCUT2D eigenvalue weighted by molar-refractivity contribution is 6.31. The van der Waals surface area contributed by atoms with Gasteiger partial charge in [-0.3, -0.25) is 4.79 Å². The van der Waals surface area contributed by atoms with Crippen molar-refractivity contribution in [1.82, 2.24) is 9.80 Å². The molecule has 0 radical (unpaired) electrons. The molecule has 1 saturated heterocycles. The lowest BCUT2D eigenvalue weighted by Gasteiger charge is -2.33. The van der Waals surface area contributed by atoms with E-state index in [1.54, 1.807) is 12.1 Å². The van der Waals surface area contributed by atoms with Crippen LogP contribution >= 0.6 is 11.6 Å². The van der Waals surface area contributed by atoms with Crippen LogP contribution in [-0.2, 0) is 10.2 Å². The molecule has 1 aliphatic heterocycles. The Morgan fingerprint density at radius 1 is 1.15 bits per heavy atom. The Morgan fingerprint density at radius 2 is 1.87 bits per heavy atom. The molecule has 5 nitrogen and oxygen atoms in total. The smallest absolute Gasteiger partial charge is 0.406 e. The Morgan fingerprint density at radius 3 is 2.51 bits per heavy atom. The van der Waals surface area contributed by atoms with Gasteiger partial charge in [0.25, 0.3) is 0 Å². The summed E-state index contributed by atoms with van der Waals surface area (Å²) in [6.45, 7) is 5.04. The molecule has 10 heteroatoms. The molecule has 1 N–H and O–H groups in total. The highest BCUT2D eigenvalue weighted by Gasteiger charge is 2.64. The molecule has 2 aliphatic carbocycles. The molecule has 0 bridgehead atoms. The maximum Gasteiger partial charge on any atom is 0.573 e. The number of ether oxygens (including phenoxy) is 1. The van der Waals surface area contributed by atoms with E-state index in [0.29, 0.717) is 11.6 Å². The maximum absolute atomic E-state index is 13.7. The highest BCUT2D eigenvalue weighted by atomic mass is 35.5. The van der Waals surface area contributed by atoms with E-state index in [1.807, 2.05) is 0 Å². The van der Waals surface area contributed by atoms with E-state index in [1.165, 1.54) is 30.3 Å². The van der Waals surface area contributed by atoms with Crippen LogP contribution in [0.2, 0.25) is 5.02 Å². The van der Waals surface area contributed by atoms with Crippen molar-refractivity contribution in [3.63, 3.8) is 0 Å². The van der Waals surface area contributed by atoms with Gasteiger partial charge in [-0.15, -0.1) is 13.2 Å². The fraction of sp³-hybridized carbons (Fsp3) is 0.552. The molecule has 2 saturated carbocycles. The standard InChI is InChI=1S/C29H34ClF4N3O2/c1-36-13-15-37(16-14-36)12-2-3-23(27(38)35-20-6-9-26(31)25(30)17-20)22-10-11-28(18-24(22)28)19-4-7-21(8-5-19)39-29(32,33)34/h4-9,17,22-24H,2-3,10-16,18H2,1H3,(H,35,38)/t22-,23?,24+,28+/m0/s1. The molecule has 4 atom stereocenters. The number of anilines is 1. The topological polar surface area (TPSA) is 44.8 Å². The second kappa shape index (κ2) is 11.3. The Labute approximate surface area is 231 Å². The van der Waals surface area contributed by atoms with Crippen molar-refractivity contribution in [2.45, 2.75) is 43.9 Å². The number of hydrogen-bond acceptors (Lipinski definition) is 4. The van der Waals surface area contributed by atoms with Gasteiger partial charge in [0.05, 0.1) is 5.02 Å². The van der Waals surface area contributed by atoms with Crippen LogP contribution in [0.1, 0.15) is 37.7 Å². The number of halogens is 5.